The van der Waals surface area contributed by atoms with E-state index in [9.17, 15) is 14.9 Å². The molecule has 0 bridgehead atoms. The zero-order valence-corrected chi connectivity index (χ0v) is 16.3. The molecule has 7 nitrogen and oxygen atoms in total. The van der Waals surface area contributed by atoms with Gasteiger partial charge in [0.25, 0.3) is 5.69 Å². The van der Waals surface area contributed by atoms with Gasteiger partial charge in [0, 0.05) is 35.7 Å². The molecular weight excluding hydrogens is 400 g/mol. The molecule has 1 aliphatic heterocycles. The monoisotopic (exact) mass is 424 g/mol. The molecule has 2 fully saturated rings. The van der Waals surface area contributed by atoms with Crippen molar-refractivity contribution in [3.05, 3.63) is 32.8 Å². The van der Waals surface area contributed by atoms with Gasteiger partial charge in [-0.15, -0.1) is 0 Å². The maximum absolute atomic E-state index is 12.2. The summed E-state index contributed by atoms with van der Waals surface area (Å²) in [5, 5.41) is 17.5. The highest BCUT2D eigenvalue weighted by molar-refractivity contribution is 9.10. The number of carbonyl (C=O) groups excluding carboxylic acids is 1. The highest BCUT2D eigenvalue weighted by Crippen LogP contribution is 2.32. The molecule has 1 aliphatic carbocycles. The molecule has 0 aromatic heterocycles. The Morgan fingerprint density at radius 3 is 2.31 bits per heavy atom. The maximum Gasteiger partial charge on any atom is 0.315 e. The second kappa shape index (κ2) is 8.70. The van der Waals surface area contributed by atoms with Gasteiger partial charge in [0.1, 0.15) is 5.69 Å². The van der Waals surface area contributed by atoms with Crippen LogP contribution in [0.25, 0.3) is 0 Å². The van der Waals surface area contributed by atoms with Gasteiger partial charge in [-0.1, -0.05) is 35.2 Å². The number of nitro groups is 1. The van der Waals surface area contributed by atoms with Gasteiger partial charge in [-0.2, -0.15) is 0 Å². The Bertz CT molecular complexity index is 656. The Morgan fingerprint density at radius 2 is 1.69 bits per heavy atom. The number of benzene rings is 1. The van der Waals surface area contributed by atoms with Crippen LogP contribution in [0, 0.1) is 10.1 Å². The van der Waals surface area contributed by atoms with Gasteiger partial charge in [0.15, 0.2) is 0 Å². The van der Waals surface area contributed by atoms with Crippen LogP contribution in [-0.4, -0.2) is 36.1 Å². The molecule has 2 aliphatic rings. The van der Waals surface area contributed by atoms with Crippen molar-refractivity contribution in [3.8, 4) is 0 Å². The molecule has 1 aromatic carbocycles. The summed E-state index contributed by atoms with van der Waals surface area (Å²) in [7, 11) is 0. The molecule has 2 N–H and O–H groups in total. The van der Waals surface area contributed by atoms with Gasteiger partial charge in [0.2, 0.25) is 0 Å². The highest BCUT2D eigenvalue weighted by Gasteiger charge is 2.26. The second-order valence-electron chi connectivity index (χ2n) is 7.10. The second-order valence-corrected chi connectivity index (χ2v) is 8.02. The fourth-order valence-electron chi connectivity index (χ4n) is 3.83. The Hall–Kier alpha value is -1.83. The maximum atomic E-state index is 12.2. The third kappa shape index (κ3) is 4.87. The summed E-state index contributed by atoms with van der Waals surface area (Å²) in [5.41, 5.74) is 0.754. The third-order valence-corrected chi connectivity index (χ3v) is 5.74. The molecular formula is C18H25BrN4O3. The van der Waals surface area contributed by atoms with E-state index in [-0.39, 0.29) is 22.7 Å². The van der Waals surface area contributed by atoms with Crippen LogP contribution < -0.4 is 15.5 Å². The lowest BCUT2D eigenvalue weighted by atomic mass is 9.96. The fraction of sp³-hybridized carbons (Fsp3) is 0.611. The van der Waals surface area contributed by atoms with Crippen molar-refractivity contribution < 1.29 is 9.72 Å². The molecule has 142 valence electrons. The molecule has 8 heteroatoms. The summed E-state index contributed by atoms with van der Waals surface area (Å²) in [4.78, 5) is 25.2. The number of nitrogens with one attached hydrogen (secondary N) is 2. The van der Waals surface area contributed by atoms with E-state index in [0.29, 0.717) is 29.3 Å². The van der Waals surface area contributed by atoms with E-state index in [4.69, 9.17) is 0 Å². The normalized spacial score (nSPS) is 19.2. The molecule has 3 rings (SSSR count). The molecule has 0 atom stereocenters. The van der Waals surface area contributed by atoms with Gasteiger partial charge in [-0.3, -0.25) is 10.1 Å². The predicted octanol–water partition coefficient (Wildman–Crippen LogP) is 3.96. The van der Waals surface area contributed by atoms with Gasteiger partial charge in [0.05, 0.1) is 4.92 Å². The number of piperidine rings is 1. The third-order valence-electron chi connectivity index (χ3n) is 5.25. The lowest BCUT2D eigenvalue weighted by Gasteiger charge is -2.34. The predicted molar refractivity (Wildman–Crippen MR) is 105 cm³/mol. The molecule has 2 amide bonds. The molecule has 1 saturated carbocycles. The van der Waals surface area contributed by atoms with Crippen LogP contribution in [0.2, 0.25) is 0 Å². The van der Waals surface area contributed by atoms with Crippen LogP contribution in [0.15, 0.2) is 22.7 Å². The number of anilines is 1. The highest BCUT2D eigenvalue weighted by atomic mass is 79.9. The number of nitro benzene ring substituents is 1. The lowest BCUT2D eigenvalue weighted by Crippen LogP contribution is -2.50. The van der Waals surface area contributed by atoms with Gasteiger partial charge in [-0.25, -0.2) is 4.79 Å². The molecule has 1 saturated heterocycles. The van der Waals surface area contributed by atoms with Gasteiger partial charge in [-0.05, 0) is 37.8 Å². The Morgan fingerprint density at radius 1 is 1.08 bits per heavy atom. The number of hydrogen-bond acceptors (Lipinski definition) is 4. The lowest BCUT2D eigenvalue weighted by molar-refractivity contribution is -0.384. The van der Waals surface area contributed by atoms with Crippen molar-refractivity contribution in [2.45, 2.75) is 57.0 Å². The minimum absolute atomic E-state index is 0.0787. The van der Waals surface area contributed by atoms with E-state index >= 15 is 0 Å². The molecule has 26 heavy (non-hydrogen) atoms. The average molecular weight is 425 g/mol. The first-order valence-electron chi connectivity index (χ1n) is 9.29. The van der Waals surface area contributed by atoms with Gasteiger partial charge >= 0.3 is 6.03 Å². The van der Waals surface area contributed by atoms with E-state index in [1.165, 1.54) is 25.3 Å². The van der Waals surface area contributed by atoms with E-state index in [2.05, 4.69) is 26.6 Å². The Balaban J connectivity index is 1.51. The molecule has 0 unspecified atom stereocenters. The Labute approximate surface area is 161 Å². The summed E-state index contributed by atoms with van der Waals surface area (Å²) in [6.45, 7) is 1.38. The Kier molecular flexibility index (Phi) is 6.34. The number of halogens is 1. The van der Waals surface area contributed by atoms with Crippen LogP contribution >= 0.6 is 15.9 Å². The van der Waals surface area contributed by atoms with Crippen molar-refractivity contribution in [1.29, 1.82) is 0 Å². The summed E-state index contributed by atoms with van der Waals surface area (Å²) in [6, 6.07) is 5.48. The van der Waals surface area contributed by atoms with Crippen LogP contribution in [0.3, 0.4) is 0 Å². The van der Waals surface area contributed by atoms with E-state index < -0.39 is 0 Å². The fourth-order valence-corrected chi connectivity index (χ4v) is 4.18. The van der Waals surface area contributed by atoms with Crippen molar-refractivity contribution >= 4 is 33.3 Å². The van der Waals surface area contributed by atoms with E-state index in [1.807, 2.05) is 11.0 Å². The number of amides is 2. The molecule has 1 heterocycles. The number of carbonyl (C=O) groups is 1. The first-order chi connectivity index (χ1) is 12.5. The summed E-state index contributed by atoms with van der Waals surface area (Å²) < 4.78 is 0.698. The first kappa shape index (κ1) is 18.9. The SMILES string of the molecule is O=C(NC1CCCCC1)NC1CCN(c2ccc(Br)cc2[N+](=O)[O-])CC1. The van der Waals surface area contributed by atoms with Crippen molar-refractivity contribution in [3.63, 3.8) is 0 Å². The average Bonchev–Trinajstić information content (AvgIpc) is 2.63. The van der Waals surface area contributed by atoms with Gasteiger partial charge < -0.3 is 15.5 Å². The number of rotatable bonds is 4. The summed E-state index contributed by atoms with van der Waals surface area (Å²) in [5.74, 6) is 0. The zero-order chi connectivity index (χ0) is 18.5. The topological polar surface area (TPSA) is 87.5 Å². The van der Waals surface area contributed by atoms with E-state index in [1.54, 1.807) is 6.07 Å². The van der Waals surface area contributed by atoms with Crippen molar-refractivity contribution in [2.24, 2.45) is 0 Å². The van der Waals surface area contributed by atoms with Crippen LogP contribution in [0.1, 0.15) is 44.9 Å². The van der Waals surface area contributed by atoms with Crippen molar-refractivity contribution in [1.82, 2.24) is 10.6 Å². The first-order valence-corrected chi connectivity index (χ1v) is 10.1. The van der Waals surface area contributed by atoms with Crippen LogP contribution in [0.4, 0.5) is 16.2 Å². The number of nitrogens with zero attached hydrogens (tertiary/aromatic N) is 2. The largest absolute Gasteiger partial charge is 0.366 e. The smallest absolute Gasteiger partial charge is 0.315 e. The molecule has 0 spiro atoms. The standard InChI is InChI=1S/C18H25BrN4O3/c19-13-6-7-16(17(12-13)23(25)26)22-10-8-15(9-11-22)21-18(24)20-14-4-2-1-3-5-14/h6-7,12,14-15H,1-5,8-11H2,(H2,20,21,24). The van der Waals surface area contributed by atoms with Crippen molar-refractivity contribution in [2.75, 3.05) is 18.0 Å². The summed E-state index contributed by atoms with van der Waals surface area (Å²) >= 11 is 3.29. The number of hydrogen-bond donors (Lipinski definition) is 2. The molecule has 0 radical (unpaired) electrons. The van der Waals surface area contributed by atoms with E-state index in [0.717, 1.165) is 25.7 Å². The quantitative estimate of drug-likeness (QED) is 0.565. The van der Waals surface area contributed by atoms with Crippen LogP contribution in [0.5, 0.6) is 0 Å². The number of urea groups is 1. The molecule has 1 aromatic rings. The zero-order valence-electron chi connectivity index (χ0n) is 14.7. The summed E-state index contributed by atoms with van der Waals surface area (Å²) in [6.07, 6.45) is 7.35. The van der Waals surface area contributed by atoms with Crippen LogP contribution in [-0.2, 0) is 0 Å². The minimum atomic E-state index is -0.345. The minimum Gasteiger partial charge on any atom is -0.366 e.